The highest BCUT2D eigenvalue weighted by atomic mass is 32.2. The molecule has 7 heteroatoms. The maximum atomic E-state index is 11.5. The van der Waals surface area contributed by atoms with E-state index in [0.29, 0.717) is 15.8 Å². The molecule has 1 aromatic carbocycles. The summed E-state index contributed by atoms with van der Waals surface area (Å²) in [5, 5.41) is 2.79. The SMILES string of the molecule is CSC(=S)NCC(=O)OCc1ccc2c(c1)OCO2. The van der Waals surface area contributed by atoms with Gasteiger partial charge in [-0.15, -0.1) is 11.8 Å². The Bertz CT molecular complexity index is 493. The first-order valence-corrected chi connectivity index (χ1v) is 7.18. The number of hydrogen-bond acceptors (Lipinski definition) is 6. The minimum absolute atomic E-state index is 0.0736. The fourth-order valence-electron chi connectivity index (χ4n) is 1.46. The third-order valence-electron chi connectivity index (χ3n) is 2.40. The number of ether oxygens (including phenoxy) is 3. The first kappa shape index (κ1) is 14.0. The third kappa shape index (κ3) is 4.00. The van der Waals surface area contributed by atoms with Gasteiger partial charge in [-0.25, -0.2) is 0 Å². The Morgan fingerprint density at radius 3 is 3.05 bits per heavy atom. The summed E-state index contributed by atoms with van der Waals surface area (Å²) in [5.74, 6) is 1.03. The molecule has 0 spiro atoms. The van der Waals surface area contributed by atoms with Crippen LogP contribution in [0.3, 0.4) is 0 Å². The van der Waals surface area contributed by atoms with Gasteiger partial charge in [-0.3, -0.25) is 4.79 Å². The number of esters is 1. The summed E-state index contributed by atoms with van der Waals surface area (Å²) in [5.41, 5.74) is 0.852. The molecule has 0 aliphatic carbocycles. The van der Waals surface area contributed by atoms with Crippen LogP contribution in [-0.2, 0) is 16.1 Å². The Labute approximate surface area is 120 Å². The van der Waals surface area contributed by atoms with Gasteiger partial charge in [-0.2, -0.15) is 0 Å². The van der Waals surface area contributed by atoms with Crippen LogP contribution in [0.15, 0.2) is 18.2 Å². The predicted molar refractivity (Wildman–Crippen MR) is 76.5 cm³/mol. The first-order chi connectivity index (χ1) is 9.19. The monoisotopic (exact) mass is 299 g/mol. The Kier molecular flexibility index (Phi) is 4.86. The number of rotatable bonds is 4. The lowest BCUT2D eigenvalue weighted by Crippen LogP contribution is -2.27. The van der Waals surface area contributed by atoms with E-state index in [9.17, 15) is 4.79 Å². The minimum Gasteiger partial charge on any atom is -0.460 e. The highest BCUT2D eigenvalue weighted by Crippen LogP contribution is 2.32. The zero-order valence-electron chi connectivity index (χ0n) is 10.3. The lowest BCUT2D eigenvalue weighted by Gasteiger charge is -2.07. The summed E-state index contributed by atoms with van der Waals surface area (Å²) in [4.78, 5) is 11.5. The molecule has 1 aromatic rings. The molecule has 19 heavy (non-hydrogen) atoms. The van der Waals surface area contributed by atoms with E-state index in [0.717, 1.165) is 5.56 Å². The molecule has 0 unspecified atom stereocenters. The van der Waals surface area contributed by atoms with Gasteiger partial charge in [0.25, 0.3) is 0 Å². The lowest BCUT2D eigenvalue weighted by atomic mass is 10.2. The number of hydrogen-bond donors (Lipinski definition) is 1. The van der Waals surface area contributed by atoms with Crippen LogP contribution in [0.25, 0.3) is 0 Å². The molecule has 0 saturated heterocycles. The van der Waals surface area contributed by atoms with Crippen LogP contribution in [0.5, 0.6) is 11.5 Å². The molecule has 0 bridgehead atoms. The van der Waals surface area contributed by atoms with E-state index in [1.807, 2.05) is 12.3 Å². The van der Waals surface area contributed by atoms with Crippen molar-refractivity contribution >= 4 is 34.3 Å². The number of thioether (sulfide) groups is 1. The molecule has 0 atom stereocenters. The van der Waals surface area contributed by atoms with E-state index in [1.54, 1.807) is 12.1 Å². The second-order valence-electron chi connectivity index (χ2n) is 3.69. The Morgan fingerprint density at radius 2 is 2.26 bits per heavy atom. The number of carbonyl (C=O) groups is 1. The molecule has 0 radical (unpaired) electrons. The summed E-state index contributed by atoms with van der Waals surface area (Å²) in [6.07, 6.45) is 1.84. The van der Waals surface area contributed by atoms with Gasteiger partial charge in [0.05, 0.1) is 0 Å². The number of thiocarbonyl (C=S) groups is 1. The highest BCUT2D eigenvalue weighted by Gasteiger charge is 2.13. The van der Waals surface area contributed by atoms with Gasteiger partial charge >= 0.3 is 5.97 Å². The molecule has 102 valence electrons. The van der Waals surface area contributed by atoms with Gasteiger partial charge in [0.1, 0.15) is 17.5 Å². The quantitative estimate of drug-likeness (QED) is 0.670. The zero-order valence-corrected chi connectivity index (χ0v) is 11.9. The number of fused-ring (bicyclic) bond motifs is 1. The van der Waals surface area contributed by atoms with Crippen LogP contribution in [-0.4, -0.2) is 29.9 Å². The van der Waals surface area contributed by atoms with Gasteiger partial charge in [0.2, 0.25) is 6.79 Å². The van der Waals surface area contributed by atoms with Gasteiger partial charge in [0.15, 0.2) is 11.5 Å². The molecule has 2 rings (SSSR count). The molecule has 0 saturated carbocycles. The maximum absolute atomic E-state index is 11.5. The molecule has 1 N–H and O–H groups in total. The van der Waals surface area contributed by atoms with Crippen molar-refractivity contribution in [1.82, 2.24) is 5.32 Å². The predicted octanol–water partition coefficient (Wildman–Crippen LogP) is 1.70. The molecule has 0 fully saturated rings. The summed E-state index contributed by atoms with van der Waals surface area (Å²) in [6.45, 7) is 0.502. The van der Waals surface area contributed by atoms with Gasteiger partial charge < -0.3 is 19.5 Å². The van der Waals surface area contributed by atoms with Crippen molar-refractivity contribution in [3.8, 4) is 11.5 Å². The van der Waals surface area contributed by atoms with E-state index >= 15 is 0 Å². The van der Waals surface area contributed by atoms with E-state index < -0.39 is 0 Å². The number of carbonyl (C=O) groups excluding carboxylic acids is 1. The Hall–Kier alpha value is -1.47. The maximum Gasteiger partial charge on any atom is 0.325 e. The van der Waals surface area contributed by atoms with Gasteiger partial charge in [0, 0.05) is 0 Å². The largest absolute Gasteiger partial charge is 0.460 e. The molecule has 1 aliphatic heterocycles. The second-order valence-corrected chi connectivity index (χ2v) is 5.18. The number of nitrogens with one attached hydrogen (secondary N) is 1. The summed E-state index contributed by atoms with van der Waals surface area (Å²) in [6, 6.07) is 5.43. The zero-order chi connectivity index (χ0) is 13.7. The highest BCUT2D eigenvalue weighted by molar-refractivity contribution is 8.22. The molecular formula is C12H13NO4S2. The average molecular weight is 299 g/mol. The van der Waals surface area contributed by atoms with Crippen LogP contribution >= 0.6 is 24.0 Å². The molecule has 0 amide bonds. The molecule has 1 aliphatic rings. The van der Waals surface area contributed by atoms with Crippen LogP contribution < -0.4 is 14.8 Å². The van der Waals surface area contributed by atoms with Crippen LogP contribution in [0, 0.1) is 0 Å². The summed E-state index contributed by atoms with van der Waals surface area (Å²) >= 11 is 6.30. The van der Waals surface area contributed by atoms with Crippen LogP contribution in [0.4, 0.5) is 0 Å². The van der Waals surface area contributed by atoms with Crippen molar-refractivity contribution in [2.45, 2.75) is 6.61 Å². The van der Waals surface area contributed by atoms with Gasteiger partial charge in [-0.05, 0) is 24.0 Å². The summed E-state index contributed by atoms with van der Waals surface area (Å²) in [7, 11) is 0. The topological polar surface area (TPSA) is 56.8 Å². The van der Waals surface area contributed by atoms with Crippen molar-refractivity contribution in [1.29, 1.82) is 0 Å². The normalized spacial score (nSPS) is 12.1. The first-order valence-electron chi connectivity index (χ1n) is 5.55. The van der Waals surface area contributed by atoms with Crippen molar-refractivity contribution < 1.29 is 19.0 Å². The molecular weight excluding hydrogens is 286 g/mol. The second kappa shape index (κ2) is 6.63. The van der Waals surface area contributed by atoms with Crippen molar-refractivity contribution in [2.24, 2.45) is 0 Å². The van der Waals surface area contributed by atoms with Crippen LogP contribution in [0.1, 0.15) is 5.56 Å². The average Bonchev–Trinajstić information content (AvgIpc) is 2.89. The summed E-state index contributed by atoms with van der Waals surface area (Å²) < 4.78 is 16.1. The standard InChI is InChI=1S/C12H13NO4S2/c1-19-12(18)13-5-11(14)15-6-8-2-3-9-10(4-8)17-7-16-9/h2-4H,5-7H2,1H3,(H,13,18). The van der Waals surface area contributed by atoms with Gasteiger partial charge in [-0.1, -0.05) is 18.3 Å². The molecule has 1 heterocycles. The Balaban J connectivity index is 1.79. The number of benzene rings is 1. The van der Waals surface area contributed by atoms with Crippen molar-refractivity contribution in [3.63, 3.8) is 0 Å². The smallest absolute Gasteiger partial charge is 0.325 e. The van der Waals surface area contributed by atoms with Crippen molar-refractivity contribution in [2.75, 3.05) is 19.6 Å². The Morgan fingerprint density at radius 1 is 1.47 bits per heavy atom. The van der Waals surface area contributed by atoms with Crippen LogP contribution in [0.2, 0.25) is 0 Å². The molecule has 0 aromatic heterocycles. The minimum atomic E-state index is -0.353. The lowest BCUT2D eigenvalue weighted by molar-refractivity contribution is -0.143. The van der Waals surface area contributed by atoms with E-state index in [1.165, 1.54) is 11.8 Å². The van der Waals surface area contributed by atoms with E-state index in [4.69, 9.17) is 26.4 Å². The third-order valence-corrected chi connectivity index (χ3v) is 3.56. The van der Waals surface area contributed by atoms with E-state index in [-0.39, 0.29) is 25.9 Å². The van der Waals surface area contributed by atoms with E-state index in [2.05, 4.69) is 5.32 Å². The van der Waals surface area contributed by atoms with Crippen molar-refractivity contribution in [3.05, 3.63) is 23.8 Å². The fraction of sp³-hybridized carbons (Fsp3) is 0.333. The fourth-order valence-corrected chi connectivity index (χ4v) is 1.75. The molecule has 5 nitrogen and oxygen atoms in total.